The standard InChI is InChI=1S/2C25H32N4O/c1-19-8-10-20(11-9-19)21-12-13-24-23(16-21)27-18-29(24)17-25(30)26-14-15-28(2)22-6-4-3-5-7-22;1-19-8-10-20(11-9-19)21-12-13-23-24(16-21)29(18-27-23)17-25(30)26-14-15-28(2)22-6-4-3-5-7-22/h2*8-13,16,18,22H,3-7,14-15,17H2,1-2H3,(H,26,30). The summed E-state index contributed by atoms with van der Waals surface area (Å²) in [6.45, 7) is 7.96. The molecule has 10 nitrogen and oxygen atoms in total. The number of hydrogen-bond donors (Lipinski definition) is 2. The van der Waals surface area contributed by atoms with Gasteiger partial charge in [-0.3, -0.25) is 9.59 Å². The fourth-order valence-electron chi connectivity index (χ4n) is 8.80. The second kappa shape index (κ2) is 20.8. The van der Waals surface area contributed by atoms with Crippen molar-refractivity contribution < 1.29 is 9.59 Å². The summed E-state index contributed by atoms with van der Waals surface area (Å²) in [5.41, 5.74) is 10.9. The van der Waals surface area contributed by atoms with Crippen LogP contribution in [0.25, 0.3) is 44.3 Å². The van der Waals surface area contributed by atoms with Gasteiger partial charge in [-0.15, -0.1) is 0 Å². The van der Waals surface area contributed by atoms with E-state index in [1.54, 1.807) is 12.7 Å². The first-order valence-corrected chi connectivity index (χ1v) is 22.2. The van der Waals surface area contributed by atoms with Crippen molar-refractivity contribution in [3.8, 4) is 22.3 Å². The second-order valence-electron chi connectivity index (χ2n) is 17.1. The molecule has 2 heterocycles. The molecule has 8 rings (SSSR count). The van der Waals surface area contributed by atoms with Crippen molar-refractivity contribution in [2.75, 3.05) is 40.3 Å². The van der Waals surface area contributed by atoms with E-state index in [0.717, 1.165) is 46.3 Å². The number of aryl methyl sites for hydroxylation is 2. The maximum atomic E-state index is 12.5. The van der Waals surface area contributed by atoms with Crippen LogP contribution in [0.2, 0.25) is 0 Å². The zero-order valence-corrected chi connectivity index (χ0v) is 36.2. The van der Waals surface area contributed by atoms with E-state index in [-0.39, 0.29) is 11.8 Å². The van der Waals surface area contributed by atoms with Crippen LogP contribution < -0.4 is 10.6 Å². The van der Waals surface area contributed by atoms with Crippen LogP contribution in [0.15, 0.2) is 97.6 Å². The molecular formula is C50H64N8O2. The molecule has 2 N–H and O–H groups in total. The molecule has 0 atom stereocenters. The minimum Gasteiger partial charge on any atom is -0.353 e. The summed E-state index contributed by atoms with van der Waals surface area (Å²) in [6.07, 6.45) is 16.7. The molecule has 0 unspecified atom stereocenters. The lowest BCUT2D eigenvalue weighted by atomic mass is 9.94. The predicted molar refractivity (Wildman–Crippen MR) is 245 cm³/mol. The summed E-state index contributed by atoms with van der Waals surface area (Å²) in [4.78, 5) is 38.8. The van der Waals surface area contributed by atoms with Gasteiger partial charge >= 0.3 is 0 Å². The number of aromatic nitrogens is 4. The van der Waals surface area contributed by atoms with Crippen LogP contribution in [0.4, 0.5) is 0 Å². The van der Waals surface area contributed by atoms with Crippen LogP contribution in [-0.2, 0) is 22.7 Å². The third-order valence-electron chi connectivity index (χ3n) is 12.6. The monoisotopic (exact) mass is 809 g/mol. The van der Waals surface area contributed by atoms with Gasteiger partial charge in [-0.25, -0.2) is 9.97 Å². The van der Waals surface area contributed by atoms with Crippen LogP contribution in [0.1, 0.15) is 75.3 Å². The number of likely N-dealkylation sites (N-methyl/N-ethyl adjacent to an activating group) is 2. The highest BCUT2D eigenvalue weighted by Crippen LogP contribution is 2.27. The molecule has 2 amide bonds. The number of nitrogens with one attached hydrogen (secondary N) is 2. The Hall–Kier alpha value is -5.32. The van der Waals surface area contributed by atoms with E-state index in [0.29, 0.717) is 38.3 Å². The Morgan fingerprint density at radius 1 is 0.550 bits per heavy atom. The van der Waals surface area contributed by atoms with Crippen molar-refractivity contribution in [3.63, 3.8) is 0 Å². The molecule has 0 aliphatic heterocycles. The van der Waals surface area contributed by atoms with Crippen molar-refractivity contribution in [1.29, 1.82) is 0 Å². The lowest BCUT2D eigenvalue weighted by Crippen LogP contribution is -2.40. The molecule has 0 spiro atoms. The molecule has 2 fully saturated rings. The van der Waals surface area contributed by atoms with E-state index in [2.05, 4.69) is 137 Å². The number of amides is 2. The number of rotatable bonds is 14. The summed E-state index contributed by atoms with van der Waals surface area (Å²) in [7, 11) is 4.36. The summed E-state index contributed by atoms with van der Waals surface area (Å²) >= 11 is 0. The van der Waals surface area contributed by atoms with E-state index < -0.39 is 0 Å². The van der Waals surface area contributed by atoms with Gasteiger partial charge in [0, 0.05) is 38.3 Å². The lowest BCUT2D eigenvalue weighted by Gasteiger charge is -2.31. The fraction of sp³-hybridized carbons (Fsp3) is 0.440. The van der Waals surface area contributed by atoms with Gasteiger partial charge in [-0.05, 0) is 100 Å². The number of carbonyl (C=O) groups is 2. The first-order valence-electron chi connectivity index (χ1n) is 22.2. The van der Waals surface area contributed by atoms with Crippen molar-refractivity contribution >= 4 is 33.9 Å². The SMILES string of the molecule is Cc1ccc(-c2ccc3c(c2)ncn3CC(=O)NCCN(C)C2CCCCC2)cc1.Cc1ccc(-c2ccc3ncn(CC(=O)NCCN(C)C4CCCCC4)c3c2)cc1. The summed E-state index contributed by atoms with van der Waals surface area (Å²) in [5, 5.41) is 6.15. The first kappa shape index (κ1) is 42.8. The summed E-state index contributed by atoms with van der Waals surface area (Å²) < 4.78 is 3.86. The number of carbonyl (C=O) groups excluding carboxylic acids is 2. The van der Waals surface area contributed by atoms with E-state index >= 15 is 0 Å². The van der Waals surface area contributed by atoms with Crippen LogP contribution in [0, 0.1) is 13.8 Å². The Kier molecular flexibility index (Phi) is 14.8. The van der Waals surface area contributed by atoms with Gasteiger partial charge in [-0.2, -0.15) is 0 Å². The van der Waals surface area contributed by atoms with Gasteiger partial charge in [0.2, 0.25) is 11.8 Å². The van der Waals surface area contributed by atoms with Crippen LogP contribution in [-0.4, -0.2) is 93.1 Å². The van der Waals surface area contributed by atoms with Gasteiger partial charge in [0.25, 0.3) is 0 Å². The van der Waals surface area contributed by atoms with Crippen molar-refractivity contribution in [1.82, 2.24) is 39.5 Å². The highest BCUT2D eigenvalue weighted by Gasteiger charge is 2.19. The Morgan fingerprint density at radius 2 is 0.983 bits per heavy atom. The highest BCUT2D eigenvalue weighted by molar-refractivity contribution is 5.85. The molecule has 0 radical (unpaired) electrons. The molecule has 2 aliphatic rings. The molecule has 2 saturated carbocycles. The molecule has 316 valence electrons. The van der Waals surface area contributed by atoms with E-state index in [1.165, 1.54) is 86.5 Å². The van der Waals surface area contributed by atoms with Gasteiger partial charge in [0.15, 0.2) is 0 Å². The molecule has 0 saturated heterocycles. The molecular weight excluding hydrogens is 745 g/mol. The quantitative estimate of drug-likeness (QED) is 0.114. The maximum absolute atomic E-state index is 12.5. The lowest BCUT2D eigenvalue weighted by molar-refractivity contribution is -0.122. The summed E-state index contributed by atoms with van der Waals surface area (Å²) in [5.74, 6) is 0.0704. The van der Waals surface area contributed by atoms with Crippen LogP contribution in [0.5, 0.6) is 0 Å². The number of benzene rings is 4. The second-order valence-corrected chi connectivity index (χ2v) is 17.1. The first-order chi connectivity index (χ1) is 29.2. The minimum atomic E-state index is 0.0343. The summed E-state index contributed by atoms with van der Waals surface area (Å²) in [6, 6.07) is 30.8. The minimum absolute atomic E-state index is 0.0343. The normalized spacial score (nSPS) is 15.0. The van der Waals surface area contributed by atoms with Crippen LogP contribution in [0.3, 0.4) is 0 Å². The Balaban J connectivity index is 0.000000181. The topological polar surface area (TPSA) is 100 Å². The molecule has 2 aromatic heterocycles. The number of fused-ring (bicyclic) bond motifs is 2. The smallest absolute Gasteiger partial charge is 0.240 e. The molecule has 6 aromatic rings. The van der Waals surface area contributed by atoms with E-state index in [1.807, 2.05) is 15.2 Å². The number of hydrogen-bond acceptors (Lipinski definition) is 6. The van der Waals surface area contributed by atoms with Gasteiger partial charge in [0.05, 0.1) is 34.7 Å². The van der Waals surface area contributed by atoms with Crippen molar-refractivity contribution in [3.05, 3.63) is 109 Å². The molecule has 0 bridgehead atoms. The zero-order chi connectivity index (χ0) is 41.8. The average molecular weight is 809 g/mol. The number of imidazole rings is 2. The van der Waals surface area contributed by atoms with Crippen molar-refractivity contribution in [2.45, 2.75) is 103 Å². The van der Waals surface area contributed by atoms with Crippen LogP contribution >= 0.6 is 0 Å². The van der Waals surface area contributed by atoms with E-state index in [4.69, 9.17) is 0 Å². The average Bonchev–Trinajstić information content (AvgIpc) is 3.87. The molecule has 10 heteroatoms. The number of nitrogens with zero attached hydrogens (tertiary/aromatic N) is 6. The maximum Gasteiger partial charge on any atom is 0.240 e. The fourth-order valence-corrected chi connectivity index (χ4v) is 8.80. The zero-order valence-electron chi connectivity index (χ0n) is 36.2. The van der Waals surface area contributed by atoms with Gasteiger partial charge in [-0.1, -0.05) is 110 Å². The van der Waals surface area contributed by atoms with E-state index in [9.17, 15) is 9.59 Å². The highest BCUT2D eigenvalue weighted by atomic mass is 16.2. The Bertz CT molecular complexity index is 2300. The third-order valence-corrected chi connectivity index (χ3v) is 12.6. The molecule has 60 heavy (non-hydrogen) atoms. The van der Waals surface area contributed by atoms with Crippen molar-refractivity contribution in [2.24, 2.45) is 0 Å². The molecule has 2 aliphatic carbocycles. The van der Waals surface area contributed by atoms with Gasteiger partial charge < -0.3 is 29.6 Å². The Labute approximate surface area is 356 Å². The van der Waals surface area contributed by atoms with Gasteiger partial charge in [0.1, 0.15) is 13.1 Å². The molecule has 4 aromatic carbocycles. The Morgan fingerprint density at radius 3 is 1.50 bits per heavy atom. The predicted octanol–water partition coefficient (Wildman–Crippen LogP) is 8.78. The third kappa shape index (κ3) is 11.5. The largest absolute Gasteiger partial charge is 0.353 e.